The van der Waals surface area contributed by atoms with E-state index in [0.29, 0.717) is 22.8 Å². The van der Waals surface area contributed by atoms with Crippen LogP contribution < -0.4 is 15.4 Å². The highest BCUT2D eigenvalue weighted by atomic mass is 32.2. The predicted octanol–water partition coefficient (Wildman–Crippen LogP) is 2.40. The van der Waals surface area contributed by atoms with E-state index in [4.69, 9.17) is 9.84 Å². The molecule has 11 nitrogen and oxygen atoms in total. The molecule has 3 heterocycles. The number of nitrogens with zero attached hydrogens (tertiary/aromatic N) is 4. The van der Waals surface area contributed by atoms with E-state index in [9.17, 15) is 13.2 Å². The van der Waals surface area contributed by atoms with Crippen LogP contribution in [0.4, 0.5) is 17.3 Å². The summed E-state index contributed by atoms with van der Waals surface area (Å²) >= 11 is 0. The summed E-state index contributed by atoms with van der Waals surface area (Å²) < 4.78 is 31.5. The van der Waals surface area contributed by atoms with Crippen molar-refractivity contribution in [2.75, 3.05) is 30.1 Å². The van der Waals surface area contributed by atoms with E-state index in [2.05, 4.69) is 25.7 Å². The van der Waals surface area contributed by atoms with Gasteiger partial charge in [-0.05, 0) is 19.9 Å². The fraction of sp³-hybridized carbons (Fsp3) is 0.333. The lowest BCUT2D eigenvalue weighted by atomic mass is 10.1. The van der Waals surface area contributed by atoms with Crippen molar-refractivity contribution in [1.82, 2.24) is 19.7 Å². The number of hydrogen-bond acceptors (Lipinski definition) is 9. The number of carbonyl (C=O) groups excluding carboxylic acids is 1. The van der Waals surface area contributed by atoms with Gasteiger partial charge in [0.1, 0.15) is 24.0 Å². The Morgan fingerprint density at radius 2 is 2.00 bits per heavy atom. The van der Waals surface area contributed by atoms with Crippen LogP contribution in [0.1, 0.15) is 26.8 Å². The van der Waals surface area contributed by atoms with Gasteiger partial charge in [0.05, 0.1) is 18.0 Å². The normalized spacial score (nSPS) is 11.5. The number of pyridine rings is 2. The van der Waals surface area contributed by atoms with Crippen LogP contribution in [0.2, 0.25) is 0 Å². The second kappa shape index (κ2) is 9.96. The van der Waals surface area contributed by atoms with E-state index < -0.39 is 9.84 Å². The third-order valence-corrected chi connectivity index (χ3v) is 5.37. The second-order valence-electron chi connectivity index (χ2n) is 7.57. The van der Waals surface area contributed by atoms with Crippen molar-refractivity contribution in [1.29, 1.82) is 0 Å². The number of aliphatic hydroxyl groups is 1. The summed E-state index contributed by atoms with van der Waals surface area (Å²) in [6.45, 7) is 5.14. The largest absolute Gasteiger partial charge is 0.491 e. The average Bonchev–Trinajstić information content (AvgIpc) is 3.21. The number of aliphatic hydroxyl groups excluding tert-OH is 1. The number of ether oxygens (including phenoxy) is 1. The Morgan fingerprint density at radius 3 is 2.61 bits per heavy atom. The molecular weight excluding hydrogens is 448 g/mol. The highest BCUT2D eigenvalue weighted by Gasteiger charge is 2.16. The van der Waals surface area contributed by atoms with Gasteiger partial charge in [-0.25, -0.2) is 18.4 Å². The van der Waals surface area contributed by atoms with E-state index in [1.165, 1.54) is 19.1 Å². The summed E-state index contributed by atoms with van der Waals surface area (Å²) in [4.78, 5) is 20.0. The maximum absolute atomic E-state index is 12.1. The van der Waals surface area contributed by atoms with Crippen LogP contribution in [0.5, 0.6) is 5.75 Å². The number of anilines is 3. The van der Waals surface area contributed by atoms with Gasteiger partial charge in [-0.3, -0.25) is 9.48 Å². The molecule has 3 aromatic rings. The third kappa shape index (κ3) is 6.26. The van der Waals surface area contributed by atoms with Crippen molar-refractivity contribution in [3.63, 3.8) is 0 Å². The molecule has 1 amide bonds. The minimum absolute atomic E-state index is 0.00746. The topological polar surface area (TPSA) is 148 Å². The lowest BCUT2D eigenvalue weighted by molar-refractivity contribution is -0.114. The van der Waals surface area contributed by atoms with Crippen LogP contribution in [-0.2, 0) is 14.6 Å². The first-order chi connectivity index (χ1) is 15.6. The van der Waals surface area contributed by atoms with Gasteiger partial charge in [0.2, 0.25) is 5.91 Å². The summed E-state index contributed by atoms with van der Waals surface area (Å²) in [6.07, 6.45) is 4.44. The molecule has 0 bridgehead atoms. The number of sulfone groups is 1. The number of rotatable bonds is 9. The molecule has 3 aromatic heterocycles. The fourth-order valence-corrected chi connectivity index (χ4v) is 3.50. The molecular formula is C21H26N6O5S. The van der Waals surface area contributed by atoms with E-state index in [0.717, 1.165) is 6.26 Å². The molecule has 33 heavy (non-hydrogen) atoms. The van der Waals surface area contributed by atoms with Gasteiger partial charge >= 0.3 is 0 Å². The number of nitrogens with one attached hydrogen (secondary N) is 2. The maximum atomic E-state index is 12.1. The molecule has 0 fully saturated rings. The van der Waals surface area contributed by atoms with E-state index in [1.807, 2.05) is 26.1 Å². The van der Waals surface area contributed by atoms with Crippen LogP contribution in [0.25, 0.3) is 11.3 Å². The van der Waals surface area contributed by atoms with E-state index >= 15 is 0 Å². The smallest absolute Gasteiger partial charge is 0.222 e. The van der Waals surface area contributed by atoms with E-state index in [1.54, 1.807) is 16.9 Å². The summed E-state index contributed by atoms with van der Waals surface area (Å²) in [5, 5.41) is 19.1. The molecule has 0 atom stereocenters. The van der Waals surface area contributed by atoms with Crippen molar-refractivity contribution in [3.8, 4) is 17.0 Å². The molecule has 0 aliphatic rings. The van der Waals surface area contributed by atoms with Gasteiger partial charge in [-0.15, -0.1) is 0 Å². The first kappa shape index (κ1) is 24.1. The number of aromatic nitrogens is 4. The van der Waals surface area contributed by atoms with Crippen LogP contribution in [0, 0.1) is 0 Å². The first-order valence-corrected chi connectivity index (χ1v) is 12.0. The minimum Gasteiger partial charge on any atom is -0.491 e. The molecule has 0 radical (unpaired) electrons. The molecule has 0 aromatic carbocycles. The Hall–Kier alpha value is -3.51. The van der Waals surface area contributed by atoms with Crippen molar-refractivity contribution < 1.29 is 23.1 Å². The highest BCUT2D eigenvalue weighted by Crippen LogP contribution is 2.32. The average molecular weight is 475 g/mol. The van der Waals surface area contributed by atoms with Crippen molar-refractivity contribution >= 4 is 33.1 Å². The van der Waals surface area contributed by atoms with E-state index in [-0.39, 0.29) is 41.8 Å². The maximum Gasteiger partial charge on any atom is 0.222 e. The zero-order chi connectivity index (χ0) is 24.2. The van der Waals surface area contributed by atoms with Crippen molar-refractivity contribution in [2.45, 2.75) is 31.8 Å². The van der Waals surface area contributed by atoms with Crippen LogP contribution >= 0.6 is 0 Å². The van der Waals surface area contributed by atoms with Crippen LogP contribution in [0.15, 0.2) is 41.7 Å². The Morgan fingerprint density at radius 1 is 1.24 bits per heavy atom. The first-order valence-electron chi connectivity index (χ1n) is 10.1. The third-order valence-electron chi connectivity index (χ3n) is 4.40. The lowest BCUT2D eigenvalue weighted by Gasteiger charge is -2.14. The summed E-state index contributed by atoms with van der Waals surface area (Å²) in [5.74, 6) is 0.425. The zero-order valence-corrected chi connectivity index (χ0v) is 19.5. The lowest BCUT2D eigenvalue weighted by Crippen LogP contribution is -2.09. The molecule has 3 N–H and O–H groups in total. The van der Waals surface area contributed by atoms with Gasteiger partial charge in [0, 0.05) is 55.4 Å². The van der Waals surface area contributed by atoms with Gasteiger partial charge in [0.25, 0.3) is 0 Å². The molecule has 0 aliphatic carbocycles. The Labute approximate surface area is 191 Å². The standard InChI is InChI=1S/C21H26N6O5S/c1-13(2)27-6-5-17(26-27)16-12-22-19(23-14(3)29)11-18(16)24-20-9-15(32-8-7-28)10-21(25-20)33(4,30)31/h5-6,9-13,28H,7-8H2,1-4H3,(H2,22,23,24,25,29). The number of amides is 1. The summed E-state index contributed by atoms with van der Waals surface area (Å²) in [7, 11) is -3.64. The molecule has 12 heteroatoms. The molecule has 0 spiro atoms. The Bertz CT molecular complexity index is 1260. The Kier molecular flexibility index (Phi) is 7.29. The highest BCUT2D eigenvalue weighted by molar-refractivity contribution is 7.90. The van der Waals surface area contributed by atoms with Gasteiger partial charge in [-0.1, -0.05) is 0 Å². The Balaban J connectivity index is 2.09. The fourth-order valence-electron chi connectivity index (χ4n) is 2.90. The number of hydrogen-bond donors (Lipinski definition) is 3. The molecule has 0 unspecified atom stereocenters. The predicted molar refractivity (Wildman–Crippen MR) is 123 cm³/mol. The second-order valence-corrected chi connectivity index (χ2v) is 9.53. The van der Waals surface area contributed by atoms with Crippen LogP contribution in [0.3, 0.4) is 0 Å². The van der Waals surface area contributed by atoms with Crippen molar-refractivity contribution in [2.24, 2.45) is 0 Å². The quantitative estimate of drug-likeness (QED) is 0.425. The van der Waals surface area contributed by atoms with Gasteiger partial charge in [-0.2, -0.15) is 5.10 Å². The van der Waals surface area contributed by atoms with Crippen LogP contribution in [-0.4, -0.2) is 58.6 Å². The van der Waals surface area contributed by atoms with Crippen molar-refractivity contribution in [3.05, 3.63) is 36.7 Å². The summed E-state index contributed by atoms with van der Waals surface area (Å²) in [6, 6.07) is 6.39. The summed E-state index contributed by atoms with van der Waals surface area (Å²) in [5.41, 5.74) is 1.74. The molecule has 0 aliphatic heterocycles. The van der Waals surface area contributed by atoms with Gasteiger partial charge < -0.3 is 20.5 Å². The molecule has 0 saturated carbocycles. The SMILES string of the molecule is CC(=O)Nc1cc(Nc2cc(OCCO)cc(S(C)(=O)=O)n2)c(-c2ccn(C(C)C)n2)cn1. The molecule has 3 rings (SSSR count). The number of carbonyl (C=O) groups is 1. The molecule has 0 saturated heterocycles. The zero-order valence-electron chi connectivity index (χ0n) is 18.7. The monoisotopic (exact) mass is 474 g/mol. The van der Waals surface area contributed by atoms with Gasteiger partial charge in [0.15, 0.2) is 14.9 Å². The molecule has 176 valence electrons. The minimum atomic E-state index is -3.64.